The molecule has 0 aliphatic rings. The van der Waals surface area contributed by atoms with E-state index in [1.165, 1.54) is 49.1 Å². The summed E-state index contributed by atoms with van der Waals surface area (Å²) in [4.78, 5) is 32.4. The first-order valence-corrected chi connectivity index (χ1v) is 9.78. The van der Waals surface area contributed by atoms with Crippen LogP contribution in [-0.2, 0) is 17.1 Å². The number of rotatable bonds is 5. The van der Waals surface area contributed by atoms with Crippen LogP contribution in [0.15, 0.2) is 61.2 Å². The predicted molar refractivity (Wildman–Crippen MR) is 115 cm³/mol. The largest absolute Gasteiger partial charge is 0.416 e. The highest BCUT2D eigenvalue weighted by Gasteiger charge is 2.37. The first-order valence-electron chi connectivity index (χ1n) is 9.78. The number of nitrogens with zero attached hydrogens (tertiary/aromatic N) is 2. The number of nitrogens with one attached hydrogen (secondary N) is 2. The standard InChI is InChI=1S/C23H16F6N4O2/c1-13-2-4-15(6-19(13)33-20(34)5-3-14-10-30-12-31-11-14)21(35)32-18-8-16(22(24,25)26)7-17(9-18)23(27,28)29/h2-12H,1H3,(H,32,35)(H,33,34). The Kier molecular flexibility index (Phi) is 7.22. The summed E-state index contributed by atoms with van der Waals surface area (Å²) in [6.07, 6.45) is -3.18. The Morgan fingerprint density at radius 2 is 1.46 bits per heavy atom. The van der Waals surface area contributed by atoms with Gasteiger partial charge in [-0.1, -0.05) is 6.07 Å². The fourth-order valence-electron chi connectivity index (χ4n) is 2.87. The average Bonchev–Trinajstić information content (AvgIpc) is 2.78. The number of aryl methyl sites for hydroxylation is 1. The molecule has 1 aromatic heterocycles. The van der Waals surface area contributed by atoms with Crippen molar-refractivity contribution in [3.05, 3.63) is 89.0 Å². The summed E-state index contributed by atoms with van der Waals surface area (Å²) in [5, 5.41) is 4.60. The molecule has 0 spiro atoms. The van der Waals surface area contributed by atoms with Gasteiger partial charge in [0.1, 0.15) is 6.33 Å². The summed E-state index contributed by atoms with van der Waals surface area (Å²) in [5.41, 5.74) is -2.56. The molecule has 2 N–H and O–H groups in total. The quantitative estimate of drug-likeness (QED) is 0.351. The van der Waals surface area contributed by atoms with E-state index in [9.17, 15) is 35.9 Å². The summed E-state index contributed by atoms with van der Waals surface area (Å²) in [6, 6.07) is 4.80. The van der Waals surface area contributed by atoms with Gasteiger partial charge in [-0.25, -0.2) is 9.97 Å². The fraction of sp³-hybridized carbons (Fsp3) is 0.130. The third-order valence-electron chi connectivity index (χ3n) is 4.61. The van der Waals surface area contributed by atoms with Crippen molar-refractivity contribution < 1.29 is 35.9 Å². The molecule has 0 saturated heterocycles. The second-order valence-corrected chi connectivity index (χ2v) is 7.27. The van der Waals surface area contributed by atoms with Gasteiger partial charge in [-0.3, -0.25) is 9.59 Å². The lowest BCUT2D eigenvalue weighted by atomic mass is 10.1. The Morgan fingerprint density at radius 3 is 2.03 bits per heavy atom. The maximum absolute atomic E-state index is 13.1. The molecule has 0 fully saturated rings. The Hall–Kier alpha value is -4.22. The van der Waals surface area contributed by atoms with Crippen LogP contribution in [0.3, 0.4) is 0 Å². The van der Waals surface area contributed by atoms with Crippen LogP contribution < -0.4 is 10.6 Å². The van der Waals surface area contributed by atoms with Crippen molar-refractivity contribution in [3.63, 3.8) is 0 Å². The molecule has 6 nitrogen and oxygen atoms in total. The molecule has 12 heteroatoms. The molecule has 35 heavy (non-hydrogen) atoms. The van der Waals surface area contributed by atoms with E-state index < -0.39 is 41.0 Å². The molecule has 0 unspecified atom stereocenters. The van der Waals surface area contributed by atoms with E-state index in [1.54, 1.807) is 6.92 Å². The zero-order valence-corrected chi connectivity index (χ0v) is 17.8. The maximum Gasteiger partial charge on any atom is 0.416 e. The third kappa shape index (κ3) is 6.88. The van der Waals surface area contributed by atoms with Crippen LogP contribution in [-0.4, -0.2) is 21.8 Å². The first-order chi connectivity index (χ1) is 16.3. The monoisotopic (exact) mass is 494 g/mol. The van der Waals surface area contributed by atoms with Crippen LogP contribution >= 0.6 is 0 Å². The van der Waals surface area contributed by atoms with E-state index in [0.717, 1.165) is 0 Å². The minimum Gasteiger partial charge on any atom is -0.322 e. The number of hydrogen-bond acceptors (Lipinski definition) is 4. The first kappa shape index (κ1) is 25.4. The van der Waals surface area contributed by atoms with Crippen LogP contribution in [0, 0.1) is 6.92 Å². The number of amides is 2. The summed E-state index contributed by atoms with van der Waals surface area (Å²) in [5.74, 6) is -1.52. The van der Waals surface area contributed by atoms with Crippen molar-refractivity contribution >= 4 is 29.3 Å². The van der Waals surface area contributed by atoms with Gasteiger partial charge >= 0.3 is 12.4 Å². The number of carbonyl (C=O) groups excluding carboxylic acids is 2. The topological polar surface area (TPSA) is 84.0 Å². The number of hydrogen-bond donors (Lipinski definition) is 2. The molecule has 0 aliphatic heterocycles. The molecule has 182 valence electrons. The van der Waals surface area contributed by atoms with Gasteiger partial charge in [-0.15, -0.1) is 0 Å². The normalized spacial score (nSPS) is 12.0. The van der Waals surface area contributed by atoms with Crippen LogP contribution in [0.2, 0.25) is 0 Å². The summed E-state index contributed by atoms with van der Waals surface area (Å²) >= 11 is 0. The van der Waals surface area contributed by atoms with Crippen molar-refractivity contribution in [2.75, 3.05) is 10.6 Å². The Morgan fingerprint density at radius 1 is 0.857 bits per heavy atom. The van der Waals surface area contributed by atoms with E-state index >= 15 is 0 Å². The SMILES string of the molecule is Cc1ccc(C(=O)Nc2cc(C(F)(F)F)cc(C(F)(F)F)c2)cc1NC(=O)C=Cc1cncnc1. The highest BCUT2D eigenvalue weighted by atomic mass is 19.4. The number of aromatic nitrogens is 2. The molecule has 0 atom stereocenters. The van der Waals surface area contributed by atoms with E-state index in [-0.39, 0.29) is 17.3 Å². The highest BCUT2D eigenvalue weighted by Crippen LogP contribution is 2.37. The molecule has 2 aromatic carbocycles. The zero-order valence-electron chi connectivity index (χ0n) is 17.8. The van der Waals surface area contributed by atoms with Gasteiger partial charge in [0.25, 0.3) is 5.91 Å². The molecule has 0 bridgehead atoms. The van der Waals surface area contributed by atoms with Gasteiger partial charge in [0.2, 0.25) is 5.91 Å². The van der Waals surface area contributed by atoms with Gasteiger partial charge in [0.15, 0.2) is 0 Å². The highest BCUT2D eigenvalue weighted by molar-refractivity contribution is 6.07. The second kappa shape index (κ2) is 9.95. The Balaban J connectivity index is 1.81. The zero-order chi connectivity index (χ0) is 25.8. The Bertz CT molecular complexity index is 1240. The van der Waals surface area contributed by atoms with Gasteiger partial charge in [-0.2, -0.15) is 26.3 Å². The minimum absolute atomic E-state index is 0.0374. The van der Waals surface area contributed by atoms with Crippen molar-refractivity contribution in [1.82, 2.24) is 9.97 Å². The van der Waals surface area contributed by atoms with Crippen molar-refractivity contribution in [2.24, 2.45) is 0 Å². The number of anilines is 2. The Labute approximate surface area is 194 Å². The van der Waals surface area contributed by atoms with E-state index in [0.29, 0.717) is 23.3 Å². The number of carbonyl (C=O) groups is 2. The predicted octanol–water partition coefficient (Wildman–Crippen LogP) is 5.73. The number of benzene rings is 2. The number of alkyl halides is 6. The molecule has 0 saturated carbocycles. The van der Waals surface area contributed by atoms with E-state index in [2.05, 4.69) is 20.6 Å². The van der Waals surface area contributed by atoms with Crippen LogP contribution in [0.25, 0.3) is 6.08 Å². The fourth-order valence-corrected chi connectivity index (χ4v) is 2.87. The molecule has 1 heterocycles. The third-order valence-corrected chi connectivity index (χ3v) is 4.61. The van der Waals surface area contributed by atoms with Gasteiger partial charge in [0, 0.05) is 41.0 Å². The molecule has 3 aromatic rings. The average molecular weight is 494 g/mol. The maximum atomic E-state index is 13.1. The van der Waals surface area contributed by atoms with Crippen LogP contribution in [0.5, 0.6) is 0 Å². The lowest BCUT2D eigenvalue weighted by Gasteiger charge is -2.15. The van der Waals surface area contributed by atoms with Gasteiger partial charge in [0.05, 0.1) is 11.1 Å². The lowest BCUT2D eigenvalue weighted by molar-refractivity contribution is -0.143. The molecular weight excluding hydrogens is 478 g/mol. The van der Waals surface area contributed by atoms with Gasteiger partial charge in [-0.05, 0) is 48.9 Å². The minimum atomic E-state index is -5.05. The van der Waals surface area contributed by atoms with Crippen molar-refractivity contribution in [2.45, 2.75) is 19.3 Å². The molecule has 3 rings (SSSR count). The summed E-state index contributed by atoms with van der Waals surface area (Å²) in [7, 11) is 0. The molecular formula is C23H16F6N4O2. The molecule has 0 aliphatic carbocycles. The van der Waals surface area contributed by atoms with E-state index in [4.69, 9.17) is 0 Å². The molecule has 0 radical (unpaired) electrons. The van der Waals surface area contributed by atoms with Crippen LogP contribution in [0.4, 0.5) is 37.7 Å². The number of halogens is 6. The molecule has 2 amide bonds. The van der Waals surface area contributed by atoms with Crippen molar-refractivity contribution in [1.29, 1.82) is 0 Å². The van der Waals surface area contributed by atoms with Crippen molar-refractivity contribution in [3.8, 4) is 0 Å². The van der Waals surface area contributed by atoms with Crippen LogP contribution in [0.1, 0.15) is 32.6 Å². The smallest absolute Gasteiger partial charge is 0.322 e. The van der Waals surface area contributed by atoms with Gasteiger partial charge < -0.3 is 10.6 Å². The second-order valence-electron chi connectivity index (χ2n) is 7.27. The lowest BCUT2D eigenvalue weighted by Crippen LogP contribution is -2.16. The summed E-state index contributed by atoms with van der Waals surface area (Å²) < 4.78 is 78.3. The summed E-state index contributed by atoms with van der Waals surface area (Å²) in [6.45, 7) is 1.63. The van der Waals surface area contributed by atoms with E-state index in [1.807, 2.05) is 0 Å².